The Morgan fingerprint density at radius 3 is 2.53 bits per heavy atom. The second-order valence-electron chi connectivity index (χ2n) is 6.91. The molecule has 0 bridgehead atoms. The first-order valence-electron chi connectivity index (χ1n) is 9.97. The van der Waals surface area contributed by atoms with Crippen LogP contribution in [-0.2, 0) is 16.0 Å². The predicted octanol–water partition coefficient (Wildman–Crippen LogP) is 3.70. The van der Waals surface area contributed by atoms with Gasteiger partial charge in [-0.15, -0.1) is 35.3 Å². The van der Waals surface area contributed by atoms with Crippen LogP contribution in [0.4, 0.5) is 0 Å². The summed E-state index contributed by atoms with van der Waals surface area (Å²) in [5.74, 6) is 0.636. The molecule has 1 atom stereocenters. The van der Waals surface area contributed by atoms with E-state index in [0.717, 1.165) is 25.9 Å². The Balaban J connectivity index is 0.00000450. The number of rotatable bonds is 11. The molecule has 2 rings (SSSR count). The molecule has 0 fully saturated rings. The third-order valence-electron chi connectivity index (χ3n) is 4.37. The number of ether oxygens (including phenoxy) is 1. The third-order valence-corrected chi connectivity index (χ3v) is 5.30. The molecule has 1 aromatic heterocycles. The molecule has 0 aliphatic heterocycles. The third kappa shape index (κ3) is 10.4. The first-order valence-corrected chi connectivity index (χ1v) is 10.9. The zero-order chi connectivity index (χ0) is 20.9. The van der Waals surface area contributed by atoms with Crippen LogP contribution in [0.1, 0.15) is 29.9 Å². The minimum Gasteiger partial charge on any atom is -0.374 e. The Bertz CT molecular complexity index is 739. The highest BCUT2D eigenvalue weighted by molar-refractivity contribution is 14.0. The van der Waals surface area contributed by atoms with Crippen molar-refractivity contribution >= 4 is 47.2 Å². The standard InChI is InChI=1S/C22H32N4O2S.HI/c1-18(19-9-5-4-6-10-19)28-15-8-13-23-22(25-17-21(27)26(2)3)24-14-12-20-11-7-16-29-20;/h4-7,9-11,16,18H,8,12-15,17H2,1-3H3,(H2,23,24,25);1H. The summed E-state index contributed by atoms with van der Waals surface area (Å²) in [5, 5.41) is 8.69. The van der Waals surface area contributed by atoms with E-state index >= 15 is 0 Å². The van der Waals surface area contributed by atoms with Crippen LogP contribution in [0.25, 0.3) is 0 Å². The second-order valence-corrected chi connectivity index (χ2v) is 7.95. The Kier molecular flexibility index (Phi) is 13.4. The molecule has 0 aliphatic rings. The topological polar surface area (TPSA) is 66.0 Å². The molecule has 0 aliphatic carbocycles. The normalized spacial score (nSPS) is 12.0. The molecule has 166 valence electrons. The van der Waals surface area contributed by atoms with Crippen molar-refractivity contribution in [2.45, 2.75) is 25.9 Å². The Morgan fingerprint density at radius 2 is 1.87 bits per heavy atom. The van der Waals surface area contributed by atoms with Crippen molar-refractivity contribution in [1.29, 1.82) is 0 Å². The van der Waals surface area contributed by atoms with Gasteiger partial charge in [0.1, 0.15) is 6.54 Å². The van der Waals surface area contributed by atoms with Gasteiger partial charge in [-0.25, -0.2) is 4.99 Å². The molecule has 30 heavy (non-hydrogen) atoms. The predicted molar refractivity (Wildman–Crippen MR) is 136 cm³/mol. The number of guanidine groups is 1. The SMILES string of the molecule is CC(OCCCNC(=NCC(=O)N(C)C)NCCc1cccs1)c1ccccc1.I. The smallest absolute Gasteiger partial charge is 0.243 e. The lowest BCUT2D eigenvalue weighted by molar-refractivity contribution is -0.127. The number of benzene rings is 1. The molecule has 2 N–H and O–H groups in total. The number of hydrogen-bond acceptors (Lipinski definition) is 4. The van der Waals surface area contributed by atoms with Crippen molar-refractivity contribution in [2.75, 3.05) is 40.3 Å². The molecule has 0 saturated heterocycles. The van der Waals surface area contributed by atoms with Gasteiger partial charge < -0.3 is 20.3 Å². The lowest BCUT2D eigenvalue weighted by Crippen LogP contribution is -2.40. The summed E-state index contributed by atoms with van der Waals surface area (Å²) >= 11 is 1.74. The van der Waals surface area contributed by atoms with Crippen molar-refractivity contribution in [1.82, 2.24) is 15.5 Å². The largest absolute Gasteiger partial charge is 0.374 e. The van der Waals surface area contributed by atoms with Crippen LogP contribution in [0, 0.1) is 0 Å². The van der Waals surface area contributed by atoms with Crippen LogP contribution in [0.15, 0.2) is 52.8 Å². The number of halogens is 1. The van der Waals surface area contributed by atoms with Gasteiger partial charge in [-0.05, 0) is 36.8 Å². The maximum atomic E-state index is 11.8. The Labute approximate surface area is 201 Å². The number of aliphatic imine (C=N–C) groups is 1. The summed E-state index contributed by atoms with van der Waals surface area (Å²) < 4.78 is 5.91. The van der Waals surface area contributed by atoms with Crippen molar-refractivity contribution in [3.05, 3.63) is 58.3 Å². The highest BCUT2D eigenvalue weighted by Gasteiger charge is 2.06. The van der Waals surface area contributed by atoms with Gasteiger partial charge in [0.05, 0.1) is 6.10 Å². The minimum atomic E-state index is -0.0237. The second kappa shape index (κ2) is 15.2. The van der Waals surface area contributed by atoms with Gasteiger partial charge in [0, 0.05) is 38.7 Å². The van der Waals surface area contributed by atoms with Gasteiger partial charge in [-0.2, -0.15) is 0 Å². The average Bonchev–Trinajstić information content (AvgIpc) is 3.24. The number of amides is 1. The van der Waals surface area contributed by atoms with Crippen molar-refractivity contribution in [2.24, 2.45) is 4.99 Å². The lowest BCUT2D eigenvalue weighted by atomic mass is 10.1. The molecular weight excluding hydrogens is 511 g/mol. The van der Waals surface area contributed by atoms with E-state index in [0.29, 0.717) is 12.6 Å². The maximum Gasteiger partial charge on any atom is 0.243 e. The molecule has 0 spiro atoms. The first kappa shape index (κ1) is 26.4. The fourth-order valence-electron chi connectivity index (χ4n) is 2.58. The molecule has 1 unspecified atom stereocenters. The molecule has 1 heterocycles. The quantitative estimate of drug-likeness (QED) is 0.196. The van der Waals surface area contributed by atoms with Crippen LogP contribution in [0.5, 0.6) is 0 Å². The number of likely N-dealkylation sites (N-methyl/N-ethyl adjacent to an activating group) is 1. The molecular formula is C22H33IN4O2S. The van der Waals surface area contributed by atoms with Gasteiger partial charge in [0.2, 0.25) is 5.91 Å². The Hall–Kier alpha value is -1.65. The molecule has 0 radical (unpaired) electrons. The van der Waals surface area contributed by atoms with Crippen molar-refractivity contribution < 1.29 is 9.53 Å². The lowest BCUT2D eigenvalue weighted by Gasteiger charge is -2.15. The van der Waals surface area contributed by atoms with Crippen LogP contribution in [0.3, 0.4) is 0 Å². The van der Waals surface area contributed by atoms with E-state index in [2.05, 4.69) is 52.2 Å². The van der Waals surface area contributed by atoms with Crippen LogP contribution < -0.4 is 10.6 Å². The summed E-state index contributed by atoms with van der Waals surface area (Å²) in [6.07, 6.45) is 1.85. The summed E-state index contributed by atoms with van der Waals surface area (Å²) in [4.78, 5) is 19.1. The molecule has 2 aromatic rings. The molecule has 1 amide bonds. The maximum absolute atomic E-state index is 11.8. The van der Waals surface area contributed by atoms with Crippen molar-refractivity contribution in [3.63, 3.8) is 0 Å². The van der Waals surface area contributed by atoms with E-state index in [1.807, 2.05) is 18.2 Å². The molecule has 6 nitrogen and oxygen atoms in total. The van der Waals surface area contributed by atoms with Gasteiger partial charge in [0.15, 0.2) is 5.96 Å². The van der Waals surface area contributed by atoms with E-state index in [9.17, 15) is 4.79 Å². The van der Waals surface area contributed by atoms with Crippen LogP contribution in [-0.4, -0.2) is 57.1 Å². The minimum absolute atomic E-state index is 0. The van der Waals surface area contributed by atoms with E-state index in [1.165, 1.54) is 10.4 Å². The van der Waals surface area contributed by atoms with Crippen molar-refractivity contribution in [3.8, 4) is 0 Å². The van der Waals surface area contributed by atoms with Gasteiger partial charge in [0.25, 0.3) is 0 Å². The summed E-state index contributed by atoms with van der Waals surface area (Å²) in [5.41, 5.74) is 1.18. The van der Waals surface area contributed by atoms with Gasteiger partial charge in [-0.3, -0.25) is 4.79 Å². The highest BCUT2D eigenvalue weighted by atomic mass is 127. The number of carbonyl (C=O) groups excluding carboxylic acids is 1. The molecule has 1 aromatic carbocycles. The zero-order valence-electron chi connectivity index (χ0n) is 18.0. The van der Waals surface area contributed by atoms with E-state index < -0.39 is 0 Å². The van der Waals surface area contributed by atoms with Gasteiger partial charge >= 0.3 is 0 Å². The molecule has 0 saturated carbocycles. The first-order chi connectivity index (χ1) is 14.1. The monoisotopic (exact) mass is 544 g/mol. The van der Waals surface area contributed by atoms with E-state index in [-0.39, 0.29) is 42.5 Å². The van der Waals surface area contributed by atoms with Crippen LogP contribution >= 0.6 is 35.3 Å². The number of thiophene rings is 1. The molecule has 8 heteroatoms. The number of carbonyl (C=O) groups is 1. The zero-order valence-corrected chi connectivity index (χ0v) is 21.1. The highest BCUT2D eigenvalue weighted by Crippen LogP contribution is 2.15. The number of nitrogens with zero attached hydrogens (tertiary/aromatic N) is 2. The summed E-state index contributed by atoms with van der Waals surface area (Å²) in [6.45, 7) is 4.34. The number of hydrogen-bond donors (Lipinski definition) is 2. The summed E-state index contributed by atoms with van der Waals surface area (Å²) in [7, 11) is 3.47. The fourth-order valence-corrected chi connectivity index (χ4v) is 3.29. The van der Waals surface area contributed by atoms with Gasteiger partial charge in [-0.1, -0.05) is 36.4 Å². The average molecular weight is 545 g/mol. The summed E-state index contributed by atoms with van der Waals surface area (Å²) in [6, 6.07) is 14.4. The fraction of sp³-hybridized carbons (Fsp3) is 0.455. The van der Waals surface area contributed by atoms with E-state index in [4.69, 9.17) is 4.74 Å². The van der Waals surface area contributed by atoms with E-state index in [1.54, 1.807) is 30.3 Å². The van der Waals surface area contributed by atoms with Crippen LogP contribution in [0.2, 0.25) is 0 Å². The number of nitrogens with one attached hydrogen (secondary N) is 2. The Morgan fingerprint density at radius 1 is 1.13 bits per heavy atom.